The van der Waals surface area contributed by atoms with Crippen LogP contribution in [0, 0.1) is 0 Å². The molecule has 0 radical (unpaired) electrons. The molecule has 0 aliphatic heterocycles. The second kappa shape index (κ2) is 8.45. The van der Waals surface area contributed by atoms with Gasteiger partial charge >= 0.3 is 6.03 Å². The molecule has 2 amide bonds. The fourth-order valence-electron chi connectivity index (χ4n) is 1.82. The second-order valence-electron chi connectivity index (χ2n) is 4.75. The Balaban J connectivity index is 2.42. The maximum absolute atomic E-state index is 11.8. The van der Waals surface area contributed by atoms with Crippen molar-refractivity contribution in [2.75, 3.05) is 32.6 Å². The summed E-state index contributed by atoms with van der Waals surface area (Å²) in [6.45, 7) is 2.62. The number of nitrogens with one attached hydrogen (secondary N) is 2. The third-order valence-electron chi connectivity index (χ3n) is 2.80. The summed E-state index contributed by atoms with van der Waals surface area (Å²) in [6.07, 6.45) is 2.04. The van der Waals surface area contributed by atoms with Crippen LogP contribution in [0.15, 0.2) is 16.8 Å². The van der Waals surface area contributed by atoms with Crippen molar-refractivity contribution in [2.45, 2.75) is 19.0 Å². The Labute approximate surface area is 124 Å². The first-order valence-electron chi connectivity index (χ1n) is 6.26. The smallest absolute Gasteiger partial charge is 0.315 e. The van der Waals surface area contributed by atoms with E-state index >= 15 is 0 Å². The van der Waals surface area contributed by atoms with Crippen LogP contribution in [0.3, 0.4) is 0 Å². The average molecular weight is 301 g/mol. The van der Waals surface area contributed by atoms with Crippen molar-refractivity contribution >= 4 is 29.1 Å². The summed E-state index contributed by atoms with van der Waals surface area (Å²) in [5.41, 5.74) is 1.24. The highest BCUT2D eigenvalue weighted by Gasteiger charge is 2.16. The molecule has 0 aliphatic carbocycles. The van der Waals surface area contributed by atoms with Crippen LogP contribution >= 0.6 is 23.1 Å². The van der Waals surface area contributed by atoms with Crippen molar-refractivity contribution in [2.24, 2.45) is 0 Å². The van der Waals surface area contributed by atoms with Gasteiger partial charge in [0, 0.05) is 18.3 Å². The molecule has 0 fully saturated rings. The summed E-state index contributed by atoms with van der Waals surface area (Å²) in [5, 5.41) is 10.1. The molecule has 0 saturated carbocycles. The molecule has 1 aromatic heterocycles. The first-order valence-corrected chi connectivity index (χ1v) is 8.60. The number of thiophene rings is 1. The van der Waals surface area contributed by atoms with Crippen molar-refractivity contribution in [1.82, 2.24) is 15.5 Å². The Hall–Kier alpha value is -0.720. The van der Waals surface area contributed by atoms with E-state index in [2.05, 4.69) is 32.4 Å². The van der Waals surface area contributed by atoms with Gasteiger partial charge in [0.05, 0.1) is 6.04 Å². The molecule has 0 bridgehead atoms. The van der Waals surface area contributed by atoms with Crippen molar-refractivity contribution in [3.63, 3.8) is 0 Å². The van der Waals surface area contributed by atoms with Crippen molar-refractivity contribution in [1.29, 1.82) is 0 Å². The van der Waals surface area contributed by atoms with E-state index in [4.69, 9.17) is 0 Å². The third-order valence-corrected chi connectivity index (χ3v) is 4.34. The predicted octanol–water partition coefficient (Wildman–Crippen LogP) is 2.40. The van der Waals surface area contributed by atoms with Crippen LogP contribution in [-0.2, 0) is 0 Å². The summed E-state index contributed by atoms with van der Waals surface area (Å²) >= 11 is 3.41. The van der Waals surface area contributed by atoms with Gasteiger partial charge in [-0.2, -0.15) is 23.1 Å². The van der Waals surface area contributed by atoms with E-state index in [1.54, 1.807) is 23.1 Å². The lowest BCUT2D eigenvalue weighted by atomic mass is 10.1. The van der Waals surface area contributed by atoms with Crippen molar-refractivity contribution < 1.29 is 4.79 Å². The number of hydrogen-bond acceptors (Lipinski definition) is 4. The molecule has 2 N–H and O–H groups in total. The Morgan fingerprint density at radius 2 is 2.26 bits per heavy atom. The zero-order valence-electron chi connectivity index (χ0n) is 12.0. The highest BCUT2D eigenvalue weighted by atomic mass is 32.2. The number of urea groups is 1. The van der Waals surface area contributed by atoms with Crippen LogP contribution in [0.2, 0.25) is 0 Å². The molecule has 0 aromatic carbocycles. The van der Waals surface area contributed by atoms with Gasteiger partial charge in [0.25, 0.3) is 0 Å². The van der Waals surface area contributed by atoms with Gasteiger partial charge in [0.2, 0.25) is 0 Å². The summed E-state index contributed by atoms with van der Waals surface area (Å²) in [6, 6.07) is 2.41. The van der Waals surface area contributed by atoms with Crippen LogP contribution in [0.1, 0.15) is 18.5 Å². The third kappa shape index (κ3) is 5.84. The number of carbonyl (C=O) groups excluding carboxylic acids is 1. The van der Waals surface area contributed by atoms with Crippen LogP contribution in [-0.4, -0.2) is 49.6 Å². The first kappa shape index (κ1) is 16.3. The van der Waals surface area contributed by atoms with E-state index in [1.165, 1.54) is 5.56 Å². The van der Waals surface area contributed by atoms with E-state index in [0.717, 1.165) is 5.75 Å². The van der Waals surface area contributed by atoms with E-state index < -0.39 is 0 Å². The van der Waals surface area contributed by atoms with Gasteiger partial charge in [-0.15, -0.1) is 0 Å². The highest BCUT2D eigenvalue weighted by Crippen LogP contribution is 2.19. The number of hydrogen-bond donors (Lipinski definition) is 2. The van der Waals surface area contributed by atoms with Crippen molar-refractivity contribution in [3.8, 4) is 0 Å². The minimum absolute atomic E-state index is 0.0939. The molecular weight excluding hydrogens is 278 g/mol. The van der Waals surface area contributed by atoms with Gasteiger partial charge in [-0.1, -0.05) is 0 Å². The molecule has 0 aliphatic rings. The van der Waals surface area contributed by atoms with E-state index in [1.807, 2.05) is 27.3 Å². The maximum Gasteiger partial charge on any atom is 0.315 e. The van der Waals surface area contributed by atoms with Gasteiger partial charge in [-0.05, 0) is 49.7 Å². The molecule has 4 nitrogen and oxygen atoms in total. The van der Waals surface area contributed by atoms with Gasteiger partial charge in [0.15, 0.2) is 0 Å². The molecule has 2 unspecified atom stereocenters. The molecule has 1 heterocycles. The van der Waals surface area contributed by atoms with Gasteiger partial charge in [-0.25, -0.2) is 4.79 Å². The minimum Gasteiger partial charge on any atom is -0.336 e. The topological polar surface area (TPSA) is 44.4 Å². The van der Waals surface area contributed by atoms with Crippen LogP contribution in [0.5, 0.6) is 0 Å². The Bertz CT molecular complexity index is 368. The predicted molar refractivity (Wildman–Crippen MR) is 85.1 cm³/mol. The summed E-state index contributed by atoms with van der Waals surface area (Å²) in [5.74, 6) is 0.926. The summed E-state index contributed by atoms with van der Waals surface area (Å²) in [7, 11) is 4.05. The zero-order valence-corrected chi connectivity index (χ0v) is 13.6. The maximum atomic E-state index is 11.8. The van der Waals surface area contributed by atoms with Gasteiger partial charge in [0.1, 0.15) is 0 Å². The quantitative estimate of drug-likeness (QED) is 0.813. The molecule has 6 heteroatoms. The first-order chi connectivity index (χ1) is 9.04. The number of likely N-dealkylation sites (N-methyl/N-ethyl adjacent to an activating group) is 1. The van der Waals surface area contributed by atoms with E-state index in [-0.39, 0.29) is 18.1 Å². The Morgan fingerprint density at radius 1 is 1.53 bits per heavy atom. The standard InChI is InChI=1S/C13H23N3OS2/c1-10(8-18-4)15-13(17)14-7-12(16(2)3)11-5-6-19-9-11/h5-6,9-10,12H,7-8H2,1-4H3,(H2,14,15,17). The second-order valence-corrected chi connectivity index (χ2v) is 6.44. The normalized spacial score (nSPS) is 14.2. The number of rotatable bonds is 7. The summed E-state index contributed by atoms with van der Waals surface area (Å²) in [4.78, 5) is 13.9. The molecule has 2 atom stereocenters. The molecule has 1 aromatic rings. The molecule has 0 saturated heterocycles. The Morgan fingerprint density at radius 3 is 2.79 bits per heavy atom. The van der Waals surface area contributed by atoms with Crippen LogP contribution in [0.25, 0.3) is 0 Å². The number of nitrogens with zero attached hydrogens (tertiary/aromatic N) is 1. The fraction of sp³-hybridized carbons (Fsp3) is 0.615. The minimum atomic E-state index is -0.0939. The largest absolute Gasteiger partial charge is 0.336 e. The Kier molecular flexibility index (Phi) is 7.27. The molecule has 19 heavy (non-hydrogen) atoms. The van der Waals surface area contributed by atoms with Crippen molar-refractivity contribution in [3.05, 3.63) is 22.4 Å². The molecule has 108 valence electrons. The molecule has 0 spiro atoms. The number of amides is 2. The van der Waals surface area contributed by atoms with Gasteiger partial charge in [-0.3, -0.25) is 0 Å². The summed E-state index contributed by atoms with van der Waals surface area (Å²) < 4.78 is 0. The highest BCUT2D eigenvalue weighted by molar-refractivity contribution is 7.98. The lowest BCUT2D eigenvalue weighted by Gasteiger charge is -2.24. The lowest BCUT2D eigenvalue weighted by molar-refractivity contribution is 0.231. The van der Waals surface area contributed by atoms with Crippen LogP contribution in [0.4, 0.5) is 4.79 Å². The fourth-order valence-corrected chi connectivity index (χ4v) is 3.11. The van der Waals surface area contributed by atoms with Gasteiger partial charge < -0.3 is 15.5 Å². The monoisotopic (exact) mass is 301 g/mol. The molecular formula is C13H23N3OS2. The average Bonchev–Trinajstić information content (AvgIpc) is 2.82. The van der Waals surface area contributed by atoms with E-state index in [9.17, 15) is 4.79 Å². The SMILES string of the molecule is CSCC(C)NC(=O)NCC(c1ccsc1)N(C)C. The lowest BCUT2D eigenvalue weighted by Crippen LogP contribution is -2.44. The zero-order chi connectivity index (χ0) is 14.3. The van der Waals surface area contributed by atoms with Crippen LogP contribution < -0.4 is 10.6 Å². The number of thioether (sulfide) groups is 1. The van der Waals surface area contributed by atoms with E-state index in [0.29, 0.717) is 6.54 Å². The molecule has 1 rings (SSSR count). The number of carbonyl (C=O) groups is 1.